The number of nitro benzene ring substituents is 1. The zero-order chi connectivity index (χ0) is 14.0. The van der Waals surface area contributed by atoms with Crippen LogP contribution in [0.2, 0.25) is 0 Å². The van der Waals surface area contributed by atoms with Gasteiger partial charge in [0, 0.05) is 18.3 Å². The van der Waals surface area contributed by atoms with Crippen molar-refractivity contribution in [1.82, 2.24) is 4.98 Å². The Balaban J connectivity index is 2.23. The lowest BCUT2D eigenvalue weighted by Crippen LogP contribution is -1.99. The van der Waals surface area contributed by atoms with Gasteiger partial charge in [-0.1, -0.05) is 11.3 Å². The van der Waals surface area contributed by atoms with E-state index in [-0.39, 0.29) is 22.5 Å². The number of hydrogen-bond donors (Lipinski definition) is 1. The number of nitrogens with zero attached hydrogens (tertiary/aromatic N) is 2. The number of thiazole rings is 1. The monoisotopic (exact) mass is 347 g/mol. The third kappa shape index (κ3) is 3.18. The Hall–Kier alpha value is -1.74. The molecule has 0 radical (unpaired) electrons. The largest absolute Gasteiger partial charge is 0.481 e. The molecule has 0 amide bonds. The van der Waals surface area contributed by atoms with Gasteiger partial charge in [-0.05, 0) is 15.9 Å². The number of aromatic nitrogens is 1. The molecule has 2 aromatic rings. The Morgan fingerprint density at radius 3 is 2.89 bits per heavy atom. The Kier molecular flexibility index (Phi) is 3.96. The van der Waals surface area contributed by atoms with E-state index in [4.69, 9.17) is 10.5 Å². The van der Waals surface area contributed by atoms with E-state index < -0.39 is 10.7 Å². The van der Waals surface area contributed by atoms with Crippen molar-refractivity contribution in [2.45, 2.75) is 6.61 Å². The molecule has 0 saturated heterocycles. The van der Waals surface area contributed by atoms with E-state index in [1.165, 1.54) is 17.5 Å². The van der Waals surface area contributed by atoms with Crippen molar-refractivity contribution in [1.29, 1.82) is 0 Å². The summed E-state index contributed by atoms with van der Waals surface area (Å²) in [6.45, 7) is 0.0385. The number of halogens is 2. The van der Waals surface area contributed by atoms with Gasteiger partial charge in [0.15, 0.2) is 10.9 Å². The summed E-state index contributed by atoms with van der Waals surface area (Å²) < 4.78 is 18.6. The molecule has 2 rings (SSSR count). The molecule has 0 bridgehead atoms. The lowest BCUT2D eigenvalue weighted by atomic mass is 10.3. The van der Waals surface area contributed by atoms with Crippen LogP contribution in [0.3, 0.4) is 0 Å². The molecular formula is C10H7BrFN3O3S. The van der Waals surface area contributed by atoms with E-state index in [2.05, 4.69) is 20.9 Å². The number of rotatable bonds is 4. The molecule has 19 heavy (non-hydrogen) atoms. The van der Waals surface area contributed by atoms with Gasteiger partial charge in [-0.2, -0.15) is 0 Å². The number of anilines is 1. The number of ether oxygens (including phenoxy) is 1. The van der Waals surface area contributed by atoms with Gasteiger partial charge in [0.05, 0.1) is 14.3 Å². The van der Waals surface area contributed by atoms with Crippen LogP contribution in [0.5, 0.6) is 5.75 Å². The summed E-state index contributed by atoms with van der Waals surface area (Å²) in [4.78, 5) is 14.7. The van der Waals surface area contributed by atoms with Crippen LogP contribution in [0, 0.1) is 15.9 Å². The van der Waals surface area contributed by atoms with Crippen LogP contribution >= 0.6 is 27.3 Å². The third-order valence-electron chi connectivity index (χ3n) is 2.14. The van der Waals surface area contributed by atoms with Crippen LogP contribution in [0.15, 0.2) is 22.8 Å². The quantitative estimate of drug-likeness (QED) is 0.677. The molecule has 1 heterocycles. The average Bonchev–Trinajstić information content (AvgIpc) is 2.76. The molecule has 9 heteroatoms. The van der Waals surface area contributed by atoms with E-state index in [1.807, 2.05) is 0 Å². The summed E-state index contributed by atoms with van der Waals surface area (Å²) in [5, 5.41) is 11.2. The lowest BCUT2D eigenvalue weighted by Gasteiger charge is -2.06. The fourth-order valence-electron chi connectivity index (χ4n) is 1.31. The van der Waals surface area contributed by atoms with E-state index in [0.717, 1.165) is 12.1 Å². The van der Waals surface area contributed by atoms with E-state index >= 15 is 0 Å². The predicted octanol–water partition coefficient (Wildman–Crippen LogP) is 3.11. The van der Waals surface area contributed by atoms with Gasteiger partial charge in [0.1, 0.15) is 12.4 Å². The minimum absolute atomic E-state index is 0.00795. The maximum Gasteiger partial charge on any atom is 0.312 e. The SMILES string of the molecule is Nc1ncc(COc2cc(F)c(Br)cc2[N+](=O)[O-])s1. The molecular weight excluding hydrogens is 341 g/mol. The van der Waals surface area contributed by atoms with Gasteiger partial charge in [0.2, 0.25) is 0 Å². The summed E-state index contributed by atoms with van der Waals surface area (Å²) in [6.07, 6.45) is 1.50. The van der Waals surface area contributed by atoms with Gasteiger partial charge < -0.3 is 10.5 Å². The van der Waals surface area contributed by atoms with E-state index in [9.17, 15) is 14.5 Å². The molecule has 0 aliphatic carbocycles. The van der Waals surface area contributed by atoms with Crippen molar-refractivity contribution in [2.75, 3.05) is 5.73 Å². The molecule has 0 fully saturated rings. The number of hydrogen-bond acceptors (Lipinski definition) is 6. The maximum absolute atomic E-state index is 13.4. The second-order valence-electron chi connectivity index (χ2n) is 3.44. The highest BCUT2D eigenvalue weighted by Gasteiger charge is 2.19. The van der Waals surface area contributed by atoms with Crippen molar-refractivity contribution in [3.8, 4) is 5.75 Å². The van der Waals surface area contributed by atoms with Crippen LogP contribution in [0.25, 0.3) is 0 Å². The molecule has 0 spiro atoms. The minimum atomic E-state index is -0.638. The average molecular weight is 348 g/mol. The van der Waals surface area contributed by atoms with Gasteiger partial charge in [0.25, 0.3) is 0 Å². The van der Waals surface area contributed by atoms with Gasteiger partial charge >= 0.3 is 5.69 Å². The zero-order valence-electron chi connectivity index (χ0n) is 9.30. The zero-order valence-corrected chi connectivity index (χ0v) is 11.7. The Labute approximate surface area is 119 Å². The molecule has 0 saturated carbocycles. The van der Waals surface area contributed by atoms with E-state index in [0.29, 0.717) is 10.0 Å². The third-order valence-corrected chi connectivity index (χ3v) is 3.55. The van der Waals surface area contributed by atoms with Crippen LogP contribution in [0.4, 0.5) is 15.2 Å². The smallest absolute Gasteiger partial charge is 0.312 e. The Morgan fingerprint density at radius 2 is 2.32 bits per heavy atom. The maximum atomic E-state index is 13.4. The van der Waals surface area contributed by atoms with Crippen molar-refractivity contribution in [3.05, 3.63) is 43.6 Å². The minimum Gasteiger partial charge on any atom is -0.481 e. The molecule has 1 aromatic heterocycles. The molecule has 0 aliphatic rings. The van der Waals surface area contributed by atoms with Gasteiger partial charge in [-0.3, -0.25) is 10.1 Å². The van der Waals surface area contributed by atoms with E-state index in [1.54, 1.807) is 0 Å². The highest BCUT2D eigenvalue weighted by molar-refractivity contribution is 9.10. The first kappa shape index (κ1) is 13.7. The highest BCUT2D eigenvalue weighted by Crippen LogP contribution is 2.33. The highest BCUT2D eigenvalue weighted by atomic mass is 79.9. The van der Waals surface area contributed by atoms with Crippen molar-refractivity contribution < 1.29 is 14.1 Å². The fraction of sp³-hybridized carbons (Fsp3) is 0.100. The van der Waals surface area contributed by atoms with Crippen molar-refractivity contribution in [3.63, 3.8) is 0 Å². The summed E-state index contributed by atoms with van der Waals surface area (Å²) in [6, 6.07) is 2.03. The predicted molar refractivity (Wildman–Crippen MR) is 71.6 cm³/mol. The summed E-state index contributed by atoms with van der Waals surface area (Å²) >= 11 is 4.09. The number of benzene rings is 1. The molecule has 0 unspecified atom stereocenters. The molecule has 0 aliphatic heterocycles. The van der Waals surface area contributed by atoms with Crippen LogP contribution in [0.1, 0.15) is 4.88 Å². The number of nitro groups is 1. The summed E-state index contributed by atoms with van der Waals surface area (Å²) in [5.41, 5.74) is 5.13. The first-order chi connectivity index (χ1) is 8.97. The molecule has 0 atom stereocenters. The first-order valence-electron chi connectivity index (χ1n) is 4.94. The number of nitrogen functional groups attached to an aromatic ring is 1. The first-order valence-corrected chi connectivity index (χ1v) is 6.54. The normalized spacial score (nSPS) is 10.4. The van der Waals surface area contributed by atoms with Crippen LogP contribution in [-0.2, 0) is 6.61 Å². The molecule has 100 valence electrons. The molecule has 1 aromatic carbocycles. The summed E-state index contributed by atoms with van der Waals surface area (Å²) in [7, 11) is 0. The van der Waals surface area contributed by atoms with Crippen LogP contribution < -0.4 is 10.5 Å². The fourth-order valence-corrected chi connectivity index (χ4v) is 2.24. The number of nitrogens with two attached hydrogens (primary N) is 1. The molecule has 6 nitrogen and oxygen atoms in total. The Morgan fingerprint density at radius 1 is 1.58 bits per heavy atom. The van der Waals surface area contributed by atoms with Gasteiger partial charge in [-0.15, -0.1) is 0 Å². The second kappa shape index (κ2) is 5.49. The topological polar surface area (TPSA) is 91.3 Å². The second-order valence-corrected chi connectivity index (χ2v) is 5.45. The van der Waals surface area contributed by atoms with Crippen molar-refractivity contribution >= 4 is 38.1 Å². The Bertz CT molecular complexity index is 634. The van der Waals surface area contributed by atoms with Gasteiger partial charge in [-0.25, -0.2) is 9.37 Å². The van der Waals surface area contributed by atoms with Crippen LogP contribution in [-0.4, -0.2) is 9.91 Å². The summed E-state index contributed by atoms with van der Waals surface area (Å²) in [5.74, 6) is -0.776. The lowest BCUT2D eigenvalue weighted by molar-refractivity contribution is -0.386. The molecule has 2 N–H and O–H groups in total. The van der Waals surface area contributed by atoms with Crippen molar-refractivity contribution in [2.24, 2.45) is 0 Å². The standard InChI is InChI=1S/C10H7BrFN3O3S/c11-6-1-8(15(16)17)9(2-7(6)12)18-4-5-3-14-10(13)19-5/h1-3H,4H2,(H2,13,14).